The fraction of sp³-hybridized carbons (Fsp3) is 0.381. The number of rotatable bonds is 4. The summed E-state index contributed by atoms with van der Waals surface area (Å²) in [6, 6.07) is 16.9. The standard InChI is InChI=1S/C21H24N2OS/c1-2-16-5-9-18(10-6-16)24-19-11-7-17(8-12-19)20-4-3-13-23-14-15-25-22-21(20)23/h5-12,20H,2-4,13-15H2,1H3/t20-/m1/s1. The van der Waals surface area contributed by atoms with Crippen LogP contribution in [0.15, 0.2) is 52.9 Å². The van der Waals surface area contributed by atoms with Gasteiger partial charge in [-0.2, -0.15) is 0 Å². The van der Waals surface area contributed by atoms with Gasteiger partial charge in [0.25, 0.3) is 0 Å². The summed E-state index contributed by atoms with van der Waals surface area (Å²) in [6.07, 6.45) is 3.49. The maximum Gasteiger partial charge on any atom is 0.127 e. The van der Waals surface area contributed by atoms with E-state index in [0.29, 0.717) is 5.92 Å². The van der Waals surface area contributed by atoms with E-state index in [1.807, 2.05) is 12.1 Å². The molecule has 1 atom stereocenters. The molecule has 4 heteroatoms. The molecule has 130 valence electrons. The number of fused-ring (bicyclic) bond motifs is 1. The van der Waals surface area contributed by atoms with Crippen molar-refractivity contribution in [2.45, 2.75) is 32.1 Å². The van der Waals surface area contributed by atoms with Crippen LogP contribution in [0.25, 0.3) is 0 Å². The number of nitrogens with zero attached hydrogens (tertiary/aromatic N) is 2. The van der Waals surface area contributed by atoms with Crippen LogP contribution in [-0.4, -0.2) is 29.6 Å². The Bertz CT molecular complexity index is 739. The van der Waals surface area contributed by atoms with Gasteiger partial charge in [0.15, 0.2) is 0 Å². The second-order valence-electron chi connectivity index (χ2n) is 6.63. The van der Waals surface area contributed by atoms with Crippen LogP contribution in [0.4, 0.5) is 0 Å². The molecule has 0 radical (unpaired) electrons. The minimum Gasteiger partial charge on any atom is -0.457 e. The van der Waals surface area contributed by atoms with Crippen LogP contribution in [0.3, 0.4) is 0 Å². The lowest BCUT2D eigenvalue weighted by Gasteiger charge is -2.37. The van der Waals surface area contributed by atoms with Crippen molar-refractivity contribution in [3.05, 3.63) is 59.7 Å². The maximum absolute atomic E-state index is 5.98. The quantitative estimate of drug-likeness (QED) is 0.700. The molecule has 0 bridgehead atoms. The van der Waals surface area contributed by atoms with E-state index in [1.165, 1.54) is 29.8 Å². The summed E-state index contributed by atoms with van der Waals surface area (Å²) in [6.45, 7) is 4.45. The van der Waals surface area contributed by atoms with E-state index in [9.17, 15) is 0 Å². The molecule has 0 spiro atoms. The first-order chi connectivity index (χ1) is 12.3. The summed E-state index contributed by atoms with van der Waals surface area (Å²) in [7, 11) is 0. The maximum atomic E-state index is 5.98. The smallest absolute Gasteiger partial charge is 0.127 e. The predicted molar refractivity (Wildman–Crippen MR) is 106 cm³/mol. The topological polar surface area (TPSA) is 24.8 Å². The van der Waals surface area contributed by atoms with Gasteiger partial charge in [0.2, 0.25) is 0 Å². The SMILES string of the molecule is CCc1ccc(Oc2ccc([C@H]3CCCN4CCSN=C34)cc2)cc1. The van der Waals surface area contributed by atoms with Gasteiger partial charge in [-0.05, 0) is 66.6 Å². The molecule has 3 nitrogen and oxygen atoms in total. The average molecular weight is 353 g/mol. The number of hydrogen-bond acceptors (Lipinski definition) is 4. The first kappa shape index (κ1) is 16.5. The van der Waals surface area contributed by atoms with Crippen LogP contribution in [0.5, 0.6) is 11.5 Å². The van der Waals surface area contributed by atoms with Crippen LogP contribution < -0.4 is 4.74 Å². The third kappa shape index (κ3) is 3.69. The van der Waals surface area contributed by atoms with Gasteiger partial charge >= 0.3 is 0 Å². The minimum absolute atomic E-state index is 0.430. The highest BCUT2D eigenvalue weighted by atomic mass is 32.2. The zero-order valence-electron chi connectivity index (χ0n) is 14.6. The first-order valence-electron chi connectivity index (χ1n) is 9.15. The highest BCUT2D eigenvalue weighted by molar-refractivity contribution is 7.98. The fourth-order valence-corrected chi connectivity index (χ4v) is 4.34. The van der Waals surface area contributed by atoms with E-state index >= 15 is 0 Å². The minimum atomic E-state index is 0.430. The van der Waals surface area contributed by atoms with Crippen molar-refractivity contribution in [2.24, 2.45) is 4.40 Å². The molecule has 0 amide bonds. The zero-order chi connectivity index (χ0) is 17.1. The Morgan fingerprint density at radius 2 is 1.76 bits per heavy atom. The molecular weight excluding hydrogens is 328 g/mol. The molecule has 4 rings (SSSR count). The Hall–Kier alpha value is -1.94. The van der Waals surface area contributed by atoms with Gasteiger partial charge in [-0.25, -0.2) is 4.40 Å². The molecule has 1 saturated heterocycles. The van der Waals surface area contributed by atoms with Gasteiger partial charge in [-0.15, -0.1) is 0 Å². The van der Waals surface area contributed by atoms with Gasteiger partial charge in [-0.3, -0.25) is 0 Å². The van der Waals surface area contributed by atoms with Gasteiger partial charge < -0.3 is 9.64 Å². The van der Waals surface area contributed by atoms with Gasteiger partial charge in [0, 0.05) is 24.8 Å². The van der Waals surface area contributed by atoms with Crippen molar-refractivity contribution in [3.8, 4) is 11.5 Å². The molecule has 1 fully saturated rings. The summed E-state index contributed by atoms with van der Waals surface area (Å²) in [5, 5.41) is 0. The largest absolute Gasteiger partial charge is 0.457 e. The summed E-state index contributed by atoms with van der Waals surface area (Å²) >= 11 is 1.71. The Morgan fingerprint density at radius 1 is 1.04 bits per heavy atom. The molecular formula is C21H24N2OS. The summed E-state index contributed by atoms with van der Waals surface area (Å²) in [5.41, 5.74) is 2.68. The highest BCUT2D eigenvalue weighted by Crippen LogP contribution is 2.33. The normalized spacial score (nSPS) is 20.0. The van der Waals surface area contributed by atoms with Crippen LogP contribution in [0.2, 0.25) is 0 Å². The Balaban J connectivity index is 1.48. The number of benzene rings is 2. The summed E-state index contributed by atoms with van der Waals surface area (Å²) in [4.78, 5) is 2.46. The second-order valence-corrected chi connectivity index (χ2v) is 7.48. The third-order valence-electron chi connectivity index (χ3n) is 5.02. The van der Waals surface area contributed by atoms with E-state index < -0.39 is 0 Å². The monoisotopic (exact) mass is 352 g/mol. The average Bonchev–Trinajstić information content (AvgIpc) is 2.69. The van der Waals surface area contributed by atoms with Gasteiger partial charge in [-0.1, -0.05) is 31.2 Å². The zero-order valence-corrected chi connectivity index (χ0v) is 15.5. The lowest BCUT2D eigenvalue weighted by molar-refractivity contribution is 0.371. The van der Waals surface area contributed by atoms with Crippen LogP contribution in [-0.2, 0) is 6.42 Å². The van der Waals surface area contributed by atoms with Gasteiger partial charge in [0.05, 0.1) is 0 Å². The van der Waals surface area contributed by atoms with Crippen LogP contribution >= 0.6 is 11.9 Å². The molecule has 0 saturated carbocycles. The number of ether oxygens (including phenoxy) is 1. The molecule has 2 aromatic carbocycles. The predicted octanol–water partition coefficient (Wildman–Crippen LogP) is 5.28. The van der Waals surface area contributed by atoms with Crippen molar-refractivity contribution in [1.82, 2.24) is 4.90 Å². The van der Waals surface area contributed by atoms with Crippen LogP contribution in [0.1, 0.15) is 36.8 Å². The molecule has 2 aliphatic rings. The van der Waals surface area contributed by atoms with E-state index in [2.05, 4.69) is 48.2 Å². The van der Waals surface area contributed by atoms with E-state index in [4.69, 9.17) is 9.13 Å². The first-order valence-corrected chi connectivity index (χ1v) is 10.1. The van der Waals surface area contributed by atoms with Crippen molar-refractivity contribution in [2.75, 3.05) is 18.8 Å². The molecule has 2 aliphatic heterocycles. The number of hydrogen-bond donors (Lipinski definition) is 0. The molecule has 0 unspecified atom stereocenters. The molecule has 0 N–H and O–H groups in total. The molecule has 2 heterocycles. The number of aryl methyl sites for hydroxylation is 1. The number of amidine groups is 1. The number of piperidine rings is 1. The molecule has 0 aliphatic carbocycles. The summed E-state index contributed by atoms with van der Waals surface area (Å²) in [5.74, 6) is 4.59. The lowest BCUT2D eigenvalue weighted by atomic mass is 9.89. The Kier molecular flexibility index (Phi) is 4.97. The molecule has 0 aromatic heterocycles. The lowest BCUT2D eigenvalue weighted by Crippen LogP contribution is -2.42. The highest BCUT2D eigenvalue weighted by Gasteiger charge is 2.29. The Labute approximate surface area is 154 Å². The summed E-state index contributed by atoms with van der Waals surface area (Å²) < 4.78 is 10.7. The Morgan fingerprint density at radius 3 is 2.48 bits per heavy atom. The molecule has 25 heavy (non-hydrogen) atoms. The van der Waals surface area contributed by atoms with Crippen LogP contribution in [0, 0.1) is 0 Å². The van der Waals surface area contributed by atoms with Crippen molar-refractivity contribution >= 4 is 17.8 Å². The molecule has 2 aromatic rings. The van der Waals surface area contributed by atoms with Crippen molar-refractivity contribution in [3.63, 3.8) is 0 Å². The van der Waals surface area contributed by atoms with E-state index in [0.717, 1.165) is 36.8 Å². The van der Waals surface area contributed by atoms with E-state index in [-0.39, 0.29) is 0 Å². The van der Waals surface area contributed by atoms with Crippen molar-refractivity contribution in [1.29, 1.82) is 0 Å². The van der Waals surface area contributed by atoms with E-state index in [1.54, 1.807) is 11.9 Å². The third-order valence-corrected chi connectivity index (χ3v) is 5.70. The van der Waals surface area contributed by atoms with Gasteiger partial charge in [0.1, 0.15) is 17.3 Å². The fourth-order valence-electron chi connectivity index (χ4n) is 3.57. The second kappa shape index (κ2) is 7.52. The van der Waals surface area contributed by atoms with Crippen molar-refractivity contribution < 1.29 is 4.74 Å².